The van der Waals surface area contributed by atoms with Crippen LogP contribution in [0, 0.1) is 5.92 Å². The number of rotatable bonds is 7. The van der Waals surface area contributed by atoms with Crippen molar-refractivity contribution in [3.63, 3.8) is 0 Å². The van der Waals surface area contributed by atoms with Gasteiger partial charge in [-0.05, 0) is 43.2 Å². The molecule has 1 aliphatic heterocycles. The van der Waals surface area contributed by atoms with Crippen molar-refractivity contribution in [1.82, 2.24) is 9.88 Å². The number of amides is 1. The van der Waals surface area contributed by atoms with E-state index in [1.165, 1.54) is 6.42 Å². The van der Waals surface area contributed by atoms with Crippen LogP contribution in [0.15, 0.2) is 47.1 Å². The topological polar surface area (TPSA) is 48.9 Å². The van der Waals surface area contributed by atoms with Crippen LogP contribution in [-0.2, 0) is 4.79 Å². The number of benzene rings is 1. The number of anilines is 2. The molecule has 2 aliphatic rings. The number of methoxy groups -OCH3 is 1. The number of pyridine rings is 1. The number of aromatic nitrogens is 1. The molecule has 0 atom stereocenters. The summed E-state index contributed by atoms with van der Waals surface area (Å²) in [6.07, 6.45) is 7.37. The van der Waals surface area contributed by atoms with Crippen LogP contribution in [0.4, 0.5) is 11.5 Å². The third kappa shape index (κ3) is 5.62. The highest BCUT2D eigenvalue weighted by Crippen LogP contribution is 2.32. The number of hydrogen-bond acceptors (Lipinski definition) is 5. The van der Waals surface area contributed by atoms with Crippen molar-refractivity contribution < 1.29 is 9.53 Å². The zero-order chi connectivity index (χ0) is 22.3. The molecule has 4 rings (SSSR count). The summed E-state index contributed by atoms with van der Waals surface area (Å²) in [6.45, 7) is 5.34. The Morgan fingerprint density at radius 1 is 1.12 bits per heavy atom. The molecule has 0 bridgehead atoms. The molecule has 0 spiro atoms. The summed E-state index contributed by atoms with van der Waals surface area (Å²) >= 11 is 3.58. The van der Waals surface area contributed by atoms with Gasteiger partial charge in [0.05, 0.1) is 12.8 Å². The average Bonchev–Trinajstić information content (AvgIpc) is 2.85. The van der Waals surface area contributed by atoms with Gasteiger partial charge in [0.1, 0.15) is 11.6 Å². The maximum Gasteiger partial charge on any atom is 0.231 e. The SMILES string of the molecule is COc1ccc(Br)cc1N1CCN(CCN(C(=O)C2CCCCC2)c2ccccn2)CC1. The van der Waals surface area contributed by atoms with Crippen molar-refractivity contribution in [1.29, 1.82) is 0 Å². The zero-order valence-electron chi connectivity index (χ0n) is 18.9. The van der Waals surface area contributed by atoms with Gasteiger partial charge in [0.15, 0.2) is 0 Å². The van der Waals surface area contributed by atoms with E-state index in [2.05, 4.69) is 36.8 Å². The van der Waals surface area contributed by atoms with Crippen LogP contribution in [0.1, 0.15) is 32.1 Å². The molecule has 2 fully saturated rings. The Bertz CT molecular complexity index is 881. The predicted molar refractivity (Wildman–Crippen MR) is 133 cm³/mol. The first kappa shape index (κ1) is 23.1. The Labute approximate surface area is 199 Å². The number of halogens is 1. The maximum atomic E-state index is 13.4. The Kier molecular flexibility index (Phi) is 8.03. The van der Waals surface area contributed by atoms with Crippen LogP contribution >= 0.6 is 15.9 Å². The molecule has 0 radical (unpaired) electrons. The fourth-order valence-corrected chi connectivity index (χ4v) is 5.13. The summed E-state index contributed by atoms with van der Waals surface area (Å²) in [5.41, 5.74) is 1.13. The third-order valence-electron chi connectivity index (χ3n) is 6.64. The highest BCUT2D eigenvalue weighted by Gasteiger charge is 2.28. The van der Waals surface area contributed by atoms with Gasteiger partial charge < -0.3 is 9.64 Å². The standard InChI is InChI=1S/C25H33BrN4O2/c1-32-23-11-10-21(26)19-22(23)29-16-13-28(14-17-29)15-18-30(24-9-5-6-12-27-24)25(31)20-7-3-2-4-8-20/h5-6,9-12,19-20H,2-4,7-8,13-18H2,1H3. The molecule has 1 saturated carbocycles. The maximum absolute atomic E-state index is 13.4. The average molecular weight is 501 g/mol. The van der Waals surface area contributed by atoms with Gasteiger partial charge in [-0.25, -0.2) is 4.98 Å². The van der Waals surface area contributed by atoms with E-state index in [0.29, 0.717) is 6.54 Å². The van der Waals surface area contributed by atoms with E-state index in [4.69, 9.17) is 4.74 Å². The van der Waals surface area contributed by atoms with Gasteiger partial charge in [-0.2, -0.15) is 0 Å². The molecule has 1 aromatic heterocycles. The molecule has 0 unspecified atom stereocenters. The Morgan fingerprint density at radius 3 is 2.59 bits per heavy atom. The predicted octanol–water partition coefficient (Wildman–Crippen LogP) is 4.59. The van der Waals surface area contributed by atoms with Gasteiger partial charge >= 0.3 is 0 Å². The van der Waals surface area contributed by atoms with Crippen LogP contribution in [-0.4, -0.2) is 62.2 Å². The lowest BCUT2D eigenvalue weighted by Gasteiger charge is -2.37. The first-order chi connectivity index (χ1) is 15.7. The lowest BCUT2D eigenvalue weighted by atomic mass is 9.88. The van der Waals surface area contributed by atoms with E-state index in [0.717, 1.165) is 80.1 Å². The number of carbonyl (C=O) groups is 1. The molecule has 2 heterocycles. The molecule has 1 amide bonds. The highest BCUT2D eigenvalue weighted by molar-refractivity contribution is 9.10. The Balaban J connectivity index is 1.37. The summed E-state index contributed by atoms with van der Waals surface area (Å²) in [4.78, 5) is 24.6. The first-order valence-corrected chi connectivity index (χ1v) is 12.5. The molecule has 2 aromatic rings. The van der Waals surface area contributed by atoms with E-state index in [9.17, 15) is 4.79 Å². The fourth-order valence-electron chi connectivity index (χ4n) is 4.79. The molecule has 172 valence electrons. The van der Waals surface area contributed by atoms with Crippen molar-refractivity contribution in [3.05, 3.63) is 47.1 Å². The quantitative estimate of drug-likeness (QED) is 0.556. The first-order valence-electron chi connectivity index (χ1n) is 11.7. The molecule has 32 heavy (non-hydrogen) atoms. The van der Waals surface area contributed by atoms with Gasteiger partial charge in [0.25, 0.3) is 0 Å². The number of nitrogens with zero attached hydrogens (tertiary/aromatic N) is 4. The van der Waals surface area contributed by atoms with Gasteiger partial charge in [-0.1, -0.05) is 41.3 Å². The van der Waals surface area contributed by atoms with E-state index < -0.39 is 0 Å². The number of piperazine rings is 1. The summed E-state index contributed by atoms with van der Waals surface area (Å²) in [7, 11) is 1.72. The second kappa shape index (κ2) is 11.1. The van der Waals surface area contributed by atoms with Crippen molar-refractivity contribution in [3.8, 4) is 5.75 Å². The molecule has 1 aliphatic carbocycles. The molecular formula is C25H33BrN4O2. The molecule has 1 aromatic carbocycles. The Morgan fingerprint density at radius 2 is 1.91 bits per heavy atom. The normalized spacial score (nSPS) is 17.9. The second-order valence-corrected chi connectivity index (χ2v) is 9.57. The van der Waals surface area contributed by atoms with E-state index in [1.54, 1.807) is 13.3 Å². The second-order valence-electron chi connectivity index (χ2n) is 8.66. The van der Waals surface area contributed by atoms with Gasteiger partial charge in [0, 0.05) is 55.9 Å². The summed E-state index contributed by atoms with van der Waals surface area (Å²) < 4.78 is 6.62. The van der Waals surface area contributed by atoms with Gasteiger partial charge in [-0.15, -0.1) is 0 Å². The molecule has 6 nitrogen and oxygen atoms in total. The fraction of sp³-hybridized carbons (Fsp3) is 0.520. The van der Waals surface area contributed by atoms with Crippen molar-refractivity contribution in [2.75, 3.05) is 56.2 Å². The minimum Gasteiger partial charge on any atom is -0.495 e. The van der Waals surface area contributed by atoms with Crippen molar-refractivity contribution in [2.24, 2.45) is 5.92 Å². The van der Waals surface area contributed by atoms with Crippen LogP contribution < -0.4 is 14.5 Å². The number of carbonyl (C=O) groups excluding carboxylic acids is 1. The largest absolute Gasteiger partial charge is 0.495 e. The van der Waals surface area contributed by atoms with E-state index in [1.807, 2.05) is 35.2 Å². The monoisotopic (exact) mass is 500 g/mol. The van der Waals surface area contributed by atoms with E-state index in [-0.39, 0.29) is 11.8 Å². The highest BCUT2D eigenvalue weighted by atomic mass is 79.9. The van der Waals surface area contributed by atoms with Crippen LogP contribution in [0.5, 0.6) is 5.75 Å². The van der Waals surface area contributed by atoms with Gasteiger partial charge in [-0.3, -0.25) is 14.6 Å². The lowest BCUT2D eigenvalue weighted by molar-refractivity contribution is -0.123. The molecule has 1 saturated heterocycles. The number of ether oxygens (including phenoxy) is 1. The van der Waals surface area contributed by atoms with Crippen LogP contribution in [0.2, 0.25) is 0 Å². The van der Waals surface area contributed by atoms with Crippen LogP contribution in [0.3, 0.4) is 0 Å². The lowest BCUT2D eigenvalue weighted by Crippen LogP contribution is -2.50. The van der Waals surface area contributed by atoms with E-state index >= 15 is 0 Å². The smallest absolute Gasteiger partial charge is 0.231 e. The minimum atomic E-state index is 0.145. The zero-order valence-corrected chi connectivity index (χ0v) is 20.5. The van der Waals surface area contributed by atoms with Crippen molar-refractivity contribution >= 4 is 33.3 Å². The summed E-state index contributed by atoms with van der Waals surface area (Å²) in [5, 5.41) is 0. The summed E-state index contributed by atoms with van der Waals surface area (Å²) in [6, 6.07) is 12.0. The minimum absolute atomic E-state index is 0.145. The van der Waals surface area contributed by atoms with Crippen LogP contribution in [0.25, 0.3) is 0 Å². The third-order valence-corrected chi connectivity index (χ3v) is 7.13. The van der Waals surface area contributed by atoms with Crippen molar-refractivity contribution in [2.45, 2.75) is 32.1 Å². The molecule has 0 N–H and O–H groups in total. The summed E-state index contributed by atoms with van der Waals surface area (Å²) in [5.74, 6) is 2.08. The Hall–Kier alpha value is -2.12. The molecule has 7 heteroatoms. The van der Waals surface area contributed by atoms with Gasteiger partial charge in [0.2, 0.25) is 5.91 Å². The number of hydrogen-bond donors (Lipinski definition) is 0. The molecular weight excluding hydrogens is 468 g/mol.